The highest BCUT2D eigenvalue weighted by atomic mass is 32.2. The summed E-state index contributed by atoms with van der Waals surface area (Å²) in [6.07, 6.45) is 8.89. The van der Waals surface area contributed by atoms with Crippen LogP contribution in [0.3, 0.4) is 0 Å². The van der Waals surface area contributed by atoms with E-state index in [4.69, 9.17) is 0 Å². The molecule has 0 radical (unpaired) electrons. The van der Waals surface area contributed by atoms with Gasteiger partial charge in [-0.2, -0.15) is 16.9 Å². The topological polar surface area (TPSA) is 70.4 Å². The Morgan fingerprint density at radius 1 is 1.18 bits per heavy atom. The lowest BCUT2D eigenvalue weighted by molar-refractivity contribution is 0.0625. The molecule has 2 aliphatic heterocycles. The monoisotopic (exact) mass is 405 g/mol. The molecule has 1 saturated heterocycles. The Kier molecular flexibility index (Phi) is 6.45. The van der Waals surface area contributed by atoms with Crippen LogP contribution >= 0.6 is 11.8 Å². The van der Waals surface area contributed by atoms with Crippen LogP contribution in [0.5, 0.6) is 0 Å². The minimum Gasteiger partial charge on any atom is -0.355 e. The Labute approximate surface area is 173 Å². The fourth-order valence-electron chi connectivity index (χ4n) is 5.07. The number of hydrogen-bond donors (Lipinski definition) is 2. The van der Waals surface area contributed by atoms with E-state index in [1.54, 1.807) is 0 Å². The highest BCUT2D eigenvalue weighted by molar-refractivity contribution is 7.99. The van der Waals surface area contributed by atoms with Crippen molar-refractivity contribution >= 4 is 17.7 Å². The quantitative estimate of drug-likeness (QED) is 0.592. The van der Waals surface area contributed by atoms with Gasteiger partial charge in [-0.05, 0) is 32.6 Å². The molecule has 2 N–H and O–H groups in total. The van der Waals surface area contributed by atoms with Crippen LogP contribution in [0.15, 0.2) is 4.99 Å². The summed E-state index contributed by atoms with van der Waals surface area (Å²) in [7, 11) is 1.87. The summed E-state index contributed by atoms with van der Waals surface area (Å²) in [4.78, 5) is 12.0. The van der Waals surface area contributed by atoms with Gasteiger partial charge in [-0.3, -0.25) is 9.89 Å². The van der Waals surface area contributed by atoms with Gasteiger partial charge in [0.05, 0.1) is 6.04 Å². The zero-order valence-corrected chi connectivity index (χ0v) is 18.2. The van der Waals surface area contributed by atoms with Gasteiger partial charge in [-0.15, -0.1) is 0 Å². The molecule has 8 heteroatoms. The Morgan fingerprint density at radius 3 is 2.71 bits per heavy atom. The van der Waals surface area contributed by atoms with Crippen LogP contribution in [0.1, 0.15) is 62.6 Å². The molecule has 2 fully saturated rings. The summed E-state index contributed by atoms with van der Waals surface area (Å²) in [5.74, 6) is 5.34. The average molecular weight is 406 g/mol. The van der Waals surface area contributed by atoms with Crippen molar-refractivity contribution in [3.8, 4) is 0 Å². The molecule has 156 valence electrons. The lowest BCUT2D eigenvalue weighted by Gasteiger charge is -2.48. The molecule has 1 atom stereocenters. The Bertz CT molecular complexity index is 674. The number of aliphatic imine (C=N–C) groups is 1. The smallest absolute Gasteiger partial charge is 0.191 e. The molecule has 0 amide bonds. The van der Waals surface area contributed by atoms with E-state index in [-0.39, 0.29) is 6.04 Å². The van der Waals surface area contributed by atoms with Gasteiger partial charge in [0, 0.05) is 50.3 Å². The molecular formula is C20H35N7S. The van der Waals surface area contributed by atoms with Crippen LogP contribution in [0, 0.1) is 6.92 Å². The number of fused-ring (bicyclic) bond motifs is 1. The number of rotatable bonds is 4. The molecule has 28 heavy (non-hydrogen) atoms. The average Bonchev–Trinajstić information content (AvgIpc) is 3.13. The van der Waals surface area contributed by atoms with Crippen molar-refractivity contribution in [3.63, 3.8) is 0 Å². The van der Waals surface area contributed by atoms with Crippen LogP contribution in [0.2, 0.25) is 0 Å². The first-order chi connectivity index (χ1) is 13.7. The van der Waals surface area contributed by atoms with Crippen molar-refractivity contribution in [1.82, 2.24) is 30.3 Å². The van der Waals surface area contributed by atoms with Gasteiger partial charge in [-0.25, -0.2) is 9.67 Å². The maximum Gasteiger partial charge on any atom is 0.191 e. The van der Waals surface area contributed by atoms with Crippen LogP contribution in [-0.2, 0) is 6.54 Å². The van der Waals surface area contributed by atoms with E-state index in [0.717, 1.165) is 43.5 Å². The number of aromatic nitrogens is 3. The first-order valence-electron chi connectivity index (χ1n) is 10.9. The zero-order valence-electron chi connectivity index (χ0n) is 17.4. The normalized spacial score (nSPS) is 25.9. The summed E-state index contributed by atoms with van der Waals surface area (Å²) in [6.45, 7) is 6.37. The Balaban J connectivity index is 1.41. The van der Waals surface area contributed by atoms with Crippen LogP contribution in [0.25, 0.3) is 0 Å². The minimum absolute atomic E-state index is 0.190. The summed E-state index contributed by atoms with van der Waals surface area (Å²) in [6, 6.07) is 0.190. The van der Waals surface area contributed by atoms with Gasteiger partial charge in [0.25, 0.3) is 0 Å². The summed E-state index contributed by atoms with van der Waals surface area (Å²) >= 11 is 2.10. The third kappa shape index (κ3) is 4.32. The third-order valence-electron chi connectivity index (χ3n) is 6.57. The number of nitrogens with zero attached hydrogens (tertiary/aromatic N) is 5. The van der Waals surface area contributed by atoms with E-state index in [1.165, 1.54) is 56.7 Å². The van der Waals surface area contributed by atoms with Crippen molar-refractivity contribution in [2.75, 3.05) is 38.2 Å². The van der Waals surface area contributed by atoms with Gasteiger partial charge in [-0.1, -0.05) is 19.3 Å². The van der Waals surface area contributed by atoms with E-state index in [2.05, 4.69) is 47.1 Å². The van der Waals surface area contributed by atoms with E-state index < -0.39 is 0 Å². The minimum atomic E-state index is 0.190. The predicted octanol–water partition coefficient (Wildman–Crippen LogP) is 2.34. The van der Waals surface area contributed by atoms with E-state index >= 15 is 0 Å². The first kappa shape index (κ1) is 20.0. The van der Waals surface area contributed by atoms with E-state index in [1.807, 2.05) is 14.0 Å². The molecule has 1 saturated carbocycles. The largest absolute Gasteiger partial charge is 0.355 e. The molecule has 3 aliphatic rings. The van der Waals surface area contributed by atoms with Crippen LogP contribution in [-0.4, -0.2) is 69.4 Å². The number of hydrogen-bond acceptors (Lipinski definition) is 5. The highest BCUT2D eigenvalue weighted by Crippen LogP contribution is 2.35. The SMILES string of the molecule is CN=C(NCC1(N2CCSCC2)CCCCC1)NC1CCCn2nc(C)nc21. The summed E-state index contributed by atoms with van der Waals surface area (Å²) < 4.78 is 2.05. The molecule has 0 spiro atoms. The standard InChI is InChI=1S/C20H35N7S/c1-16-23-18-17(7-6-10-27(18)25-16)24-19(21-2)22-15-20(8-4-3-5-9-20)26-11-13-28-14-12-26/h17H,3-15H2,1-2H3,(H2,21,22,24). The molecule has 0 aromatic carbocycles. The number of thioether (sulfide) groups is 1. The van der Waals surface area contributed by atoms with Crippen molar-refractivity contribution < 1.29 is 0 Å². The van der Waals surface area contributed by atoms with Crippen molar-refractivity contribution in [1.29, 1.82) is 0 Å². The molecule has 4 rings (SSSR count). The fourth-order valence-corrected chi connectivity index (χ4v) is 5.97. The Morgan fingerprint density at radius 2 is 1.96 bits per heavy atom. The fraction of sp³-hybridized carbons (Fsp3) is 0.850. The first-order valence-corrected chi connectivity index (χ1v) is 12.1. The molecular weight excluding hydrogens is 370 g/mol. The molecule has 1 aliphatic carbocycles. The zero-order chi connectivity index (χ0) is 19.4. The molecule has 1 aromatic heterocycles. The van der Waals surface area contributed by atoms with Crippen LogP contribution in [0.4, 0.5) is 0 Å². The lowest BCUT2D eigenvalue weighted by Crippen LogP contribution is -2.60. The maximum absolute atomic E-state index is 4.65. The van der Waals surface area contributed by atoms with Gasteiger partial charge < -0.3 is 10.6 Å². The van der Waals surface area contributed by atoms with Crippen molar-refractivity contribution in [2.24, 2.45) is 4.99 Å². The number of guanidine groups is 1. The second-order valence-electron chi connectivity index (χ2n) is 8.39. The van der Waals surface area contributed by atoms with Gasteiger partial charge in [0.15, 0.2) is 5.96 Å². The highest BCUT2D eigenvalue weighted by Gasteiger charge is 2.38. The van der Waals surface area contributed by atoms with E-state index in [9.17, 15) is 0 Å². The second kappa shape index (κ2) is 9.03. The molecule has 1 aromatic rings. The van der Waals surface area contributed by atoms with Crippen LogP contribution < -0.4 is 10.6 Å². The Hall–Kier alpha value is -1.28. The predicted molar refractivity (Wildman–Crippen MR) is 116 cm³/mol. The van der Waals surface area contributed by atoms with Gasteiger partial charge in [0.1, 0.15) is 11.6 Å². The second-order valence-corrected chi connectivity index (χ2v) is 9.61. The van der Waals surface area contributed by atoms with Gasteiger partial charge in [0.2, 0.25) is 0 Å². The third-order valence-corrected chi connectivity index (χ3v) is 7.51. The van der Waals surface area contributed by atoms with Gasteiger partial charge >= 0.3 is 0 Å². The van der Waals surface area contributed by atoms with E-state index in [0.29, 0.717) is 5.54 Å². The summed E-state index contributed by atoms with van der Waals surface area (Å²) in [5.41, 5.74) is 0.292. The van der Waals surface area contributed by atoms with Crippen molar-refractivity contribution in [3.05, 3.63) is 11.6 Å². The number of aryl methyl sites for hydroxylation is 2. The number of nitrogens with one attached hydrogen (secondary N) is 2. The summed E-state index contributed by atoms with van der Waals surface area (Å²) in [5, 5.41) is 11.8. The molecule has 3 heterocycles. The lowest BCUT2D eigenvalue weighted by atomic mass is 9.80. The maximum atomic E-state index is 4.65. The molecule has 0 bridgehead atoms. The molecule has 7 nitrogen and oxygen atoms in total. The van der Waals surface area contributed by atoms with Crippen molar-refractivity contribution in [2.45, 2.75) is 70.0 Å². The molecule has 1 unspecified atom stereocenters.